The van der Waals surface area contributed by atoms with Crippen molar-refractivity contribution in [3.63, 3.8) is 0 Å². The van der Waals surface area contributed by atoms with Crippen molar-refractivity contribution in [3.8, 4) is 0 Å². The second-order valence-corrected chi connectivity index (χ2v) is 9.75. The maximum Gasteiger partial charge on any atom is 0.237 e. The number of hydrogen-bond donors (Lipinski definition) is 1. The lowest BCUT2D eigenvalue weighted by molar-refractivity contribution is -0.125. The summed E-state index contributed by atoms with van der Waals surface area (Å²) in [5.74, 6) is -1.49. The molecule has 7 heteroatoms. The van der Waals surface area contributed by atoms with Crippen LogP contribution in [0.2, 0.25) is 10.0 Å². The average Bonchev–Trinajstić information content (AvgIpc) is 3.16. The Balaban J connectivity index is 1.88. The average molecular weight is 461 g/mol. The molecule has 0 aromatic heterocycles. The van der Waals surface area contributed by atoms with Gasteiger partial charge in [0.15, 0.2) is 0 Å². The van der Waals surface area contributed by atoms with E-state index < -0.39 is 28.7 Å². The molecule has 0 unspecified atom stereocenters. The molecule has 2 aromatic carbocycles. The Labute approximate surface area is 190 Å². The molecular weight excluding hydrogens is 438 g/mol. The minimum absolute atomic E-state index is 0.0146. The van der Waals surface area contributed by atoms with Crippen LogP contribution in [-0.2, 0) is 15.0 Å². The fourth-order valence-electron chi connectivity index (χ4n) is 6.64. The van der Waals surface area contributed by atoms with Gasteiger partial charge in [0.25, 0.3) is 0 Å². The molecule has 1 aliphatic carbocycles. The fraction of sp³-hybridized carbons (Fsp3) is 0.417. The first-order valence-corrected chi connectivity index (χ1v) is 11.4. The predicted octanol–water partition coefficient (Wildman–Crippen LogP) is 5.32. The van der Waals surface area contributed by atoms with Crippen LogP contribution in [-0.4, -0.2) is 35.7 Å². The lowest BCUT2D eigenvalue weighted by atomic mass is 9.55. The van der Waals surface area contributed by atoms with Gasteiger partial charge in [-0.2, -0.15) is 0 Å². The highest BCUT2D eigenvalue weighted by atomic mass is 35.5. The van der Waals surface area contributed by atoms with Crippen LogP contribution in [0.5, 0.6) is 0 Å². The van der Waals surface area contributed by atoms with E-state index in [0.717, 1.165) is 44.0 Å². The number of rotatable bonds is 2. The molecule has 1 amide bonds. The number of benzene rings is 2. The quantitative estimate of drug-likeness (QED) is 0.616. The van der Waals surface area contributed by atoms with E-state index >= 15 is 4.39 Å². The van der Waals surface area contributed by atoms with Crippen molar-refractivity contribution in [2.45, 2.75) is 55.0 Å². The number of nitrogens with one attached hydrogen (secondary N) is 1. The largest absolute Gasteiger partial charge is 0.325 e. The molecular formula is C24H23Cl2FN2O2. The van der Waals surface area contributed by atoms with Crippen LogP contribution in [0.3, 0.4) is 0 Å². The summed E-state index contributed by atoms with van der Waals surface area (Å²) >= 11 is 12.4. The van der Waals surface area contributed by atoms with E-state index in [9.17, 15) is 9.59 Å². The Hall–Kier alpha value is -1.95. The van der Waals surface area contributed by atoms with Gasteiger partial charge in [0, 0.05) is 22.2 Å². The molecule has 2 spiro atoms. The summed E-state index contributed by atoms with van der Waals surface area (Å²) in [5, 5.41) is 3.52. The molecule has 2 heterocycles. The Morgan fingerprint density at radius 1 is 1.16 bits per heavy atom. The van der Waals surface area contributed by atoms with E-state index in [-0.39, 0.29) is 10.9 Å². The van der Waals surface area contributed by atoms with Crippen molar-refractivity contribution < 1.29 is 14.0 Å². The molecule has 5 rings (SSSR count). The van der Waals surface area contributed by atoms with Crippen LogP contribution < -0.4 is 5.32 Å². The van der Waals surface area contributed by atoms with Gasteiger partial charge in [0.05, 0.1) is 11.1 Å². The highest BCUT2D eigenvalue weighted by Crippen LogP contribution is 2.65. The fourth-order valence-corrected chi connectivity index (χ4v) is 7.00. The smallest absolute Gasteiger partial charge is 0.237 e. The number of fused-ring (bicyclic) bond motifs is 3. The van der Waals surface area contributed by atoms with Crippen molar-refractivity contribution in [1.29, 1.82) is 0 Å². The Bertz CT molecular complexity index is 1090. The predicted molar refractivity (Wildman–Crippen MR) is 119 cm³/mol. The van der Waals surface area contributed by atoms with Crippen LogP contribution in [0.25, 0.3) is 0 Å². The van der Waals surface area contributed by atoms with Crippen LogP contribution in [0.15, 0.2) is 36.4 Å². The summed E-state index contributed by atoms with van der Waals surface area (Å²) in [5.41, 5.74) is -0.0189. The molecule has 3 aliphatic rings. The van der Waals surface area contributed by atoms with Crippen LogP contribution in [0, 0.1) is 5.82 Å². The molecule has 2 aromatic rings. The van der Waals surface area contributed by atoms with Crippen molar-refractivity contribution in [2.24, 2.45) is 0 Å². The molecule has 0 bridgehead atoms. The summed E-state index contributed by atoms with van der Waals surface area (Å²) in [7, 11) is 1.90. The van der Waals surface area contributed by atoms with E-state index in [2.05, 4.69) is 5.32 Å². The van der Waals surface area contributed by atoms with Crippen molar-refractivity contribution in [2.75, 3.05) is 12.4 Å². The minimum Gasteiger partial charge on any atom is -0.325 e. The SMILES string of the molecule is CN1[C@@H](C=O)[C@H](c2cccc(Cl)c2F)[C@]2(C(=O)Nc3cc(Cl)ccc32)C12CCCCC2. The summed E-state index contributed by atoms with van der Waals surface area (Å²) in [6.07, 6.45) is 5.32. The second kappa shape index (κ2) is 7.29. The zero-order chi connectivity index (χ0) is 22.0. The number of nitrogens with zero attached hydrogens (tertiary/aromatic N) is 1. The van der Waals surface area contributed by atoms with Gasteiger partial charge in [-0.3, -0.25) is 9.69 Å². The number of anilines is 1. The van der Waals surface area contributed by atoms with Gasteiger partial charge in [-0.1, -0.05) is 60.7 Å². The Morgan fingerprint density at radius 3 is 2.61 bits per heavy atom. The van der Waals surface area contributed by atoms with Crippen LogP contribution >= 0.6 is 23.2 Å². The topological polar surface area (TPSA) is 49.4 Å². The first-order chi connectivity index (χ1) is 14.9. The van der Waals surface area contributed by atoms with Gasteiger partial charge in [0.2, 0.25) is 5.91 Å². The molecule has 1 N–H and O–H groups in total. The molecule has 3 atom stereocenters. The van der Waals surface area contributed by atoms with E-state index in [1.807, 2.05) is 18.0 Å². The number of carbonyl (C=O) groups excluding carboxylic acids is 2. The third-order valence-corrected chi connectivity index (χ3v) is 8.34. The number of likely N-dealkylation sites (tertiary alicyclic amines) is 1. The first kappa shape index (κ1) is 20.9. The Kier molecular flexibility index (Phi) is 4.92. The van der Waals surface area contributed by atoms with Crippen molar-refractivity contribution in [3.05, 3.63) is 63.4 Å². The van der Waals surface area contributed by atoms with Gasteiger partial charge < -0.3 is 10.1 Å². The second-order valence-electron chi connectivity index (χ2n) is 8.90. The van der Waals surface area contributed by atoms with Gasteiger partial charge in [0.1, 0.15) is 17.5 Å². The lowest BCUT2D eigenvalue weighted by Gasteiger charge is -2.49. The van der Waals surface area contributed by atoms with Gasteiger partial charge in [-0.25, -0.2) is 4.39 Å². The number of carbonyl (C=O) groups is 2. The molecule has 2 fully saturated rings. The highest BCUT2D eigenvalue weighted by molar-refractivity contribution is 6.31. The van der Waals surface area contributed by atoms with E-state index in [1.54, 1.807) is 24.3 Å². The molecule has 1 saturated carbocycles. The number of halogens is 3. The zero-order valence-electron chi connectivity index (χ0n) is 17.1. The number of amides is 1. The molecule has 31 heavy (non-hydrogen) atoms. The normalized spacial score (nSPS) is 29.4. The zero-order valence-corrected chi connectivity index (χ0v) is 18.6. The summed E-state index contributed by atoms with van der Waals surface area (Å²) in [6.45, 7) is 0. The molecule has 0 radical (unpaired) electrons. The van der Waals surface area contributed by atoms with E-state index in [4.69, 9.17) is 23.2 Å². The van der Waals surface area contributed by atoms with Gasteiger partial charge in [-0.15, -0.1) is 0 Å². The maximum atomic E-state index is 15.4. The monoisotopic (exact) mass is 460 g/mol. The molecule has 2 aliphatic heterocycles. The van der Waals surface area contributed by atoms with Gasteiger partial charge >= 0.3 is 0 Å². The van der Waals surface area contributed by atoms with Crippen molar-refractivity contribution >= 4 is 41.1 Å². The third kappa shape index (κ3) is 2.57. The number of likely N-dealkylation sites (N-methyl/N-ethyl adjacent to an activating group) is 1. The van der Waals surface area contributed by atoms with Gasteiger partial charge in [-0.05, 0) is 49.2 Å². The summed E-state index contributed by atoms with van der Waals surface area (Å²) in [6, 6.07) is 9.51. The lowest BCUT2D eigenvalue weighted by Crippen LogP contribution is -2.60. The minimum atomic E-state index is -1.13. The molecule has 162 valence electrons. The standard InChI is InChI=1S/C24H23Cl2FN2O2/c1-29-19(13-30)20(15-6-5-7-17(26)21(15)27)24(23(29)10-3-2-4-11-23)16-9-8-14(25)12-18(16)28-22(24)31/h5-9,12-13,19-20H,2-4,10-11H2,1H3,(H,28,31)/t19-,20-,24+/m0/s1. The number of aldehydes is 1. The Morgan fingerprint density at radius 2 is 1.90 bits per heavy atom. The van der Waals surface area contributed by atoms with Crippen LogP contribution in [0.4, 0.5) is 10.1 Å². The van der Waals surface area contributed by atoms with Crippen molar-refractivity contribution in [1.82, 2.24) is 4.90 Å². The van der Waals surface area contributed by atoms with Crippen LogP contribution in [0.1, 0.15) is 49.1 Å². The first-order valence-electron chi connectivity index (χ1n) is 10.6. The van der Waals surface area contributed by atoms with E-state index in [1.165, 1.54) is 6.07 Å². The third-order valence-electron chi connectivity index (χ3n) is 7.81. The molecule has 1 saturated heterocycles. The maximum absolute atomic E-state index is 15.4. The molecule has 4 nitrogen and oxygen atoms in total. The summed E-state index contributed by atoms with van der Waals surface area (Å²) < 4.78 is 15.4. The highest BCUT2D eigenvalue weighted by Gasteiger charge is 2.73. The summed E-state index contributed by atoms with van der Waals surface area (Å²) in [4.78, 5) is 28.5. The number of hydrogen-bond acceptors (Lipinski definition) is 3. The van der Waals surface area contributed by atoms with E-state index in [0.29, 0.717) is 16.3 Å².